The smallest absolute Gasteiger partial charge is 0.408 e. The number of hydrogen-bond acceptors (Lipinski definition) is 8. The Morgan fingerprint density at radius 3 is 0.848 bits per heavy atom. The first-order valence-corrected chi connectivity index (χ1v) is 30.4. The lowest BCUT2D eigenvalue weighted by atomic mass is 9.72. The molecule has 0 amide bonds. The zero-order chi connectivity index (χ0) is 55.7. The molecule has 0 radical (unpaired) electrons. The molecular formula is C68H68O8P2S. The van der Waals surface area contributed by atoms with Crippen LogP contribution in [0.2, 0.25) is 0 Å². The molecule has 0 saturated heterocycles. The van der Waals surface area contributed by atoms with E-state index in [4.69, 9.17) is 27.1 Å². The van der Waals surface area contributed by atoms with Gasteiger partial charge in [-0.05, 0) is 162 Å². The van der Waals surface area contributed by atoms with E-state index >= 15 is 8.42 Å². The monoisotopic (exact) mass is 1110 g/mol. The maximum absolute atomic E-state index is 16.5. The van der Waals surface area contributed by atoms with E-state index in [0.717, 1.165) is 67.1 Å². The summed E-state index contributed by atoms with van der Waals surface area (Å²) in [6, 6.07) is 66.1. The van der Waals surface area contributed by atoms with Crippen molar-refractivity contribution >= 4 is 70.1 Å². The molecule has 0 spiro atoms. The molecule has 10 aromatic rings. The van der Waals surface area contributed by atoms with Crippen LogP contribution in [-0.4, -0.2) is 8.42 Å². The fraction of sp³-hybridized carbons (Fsp3) is 0.235. The molecule has 10 rings (SSSR count). The third-order valence-corrected chi connectivity index (χ3v) is 17.9. The van der Waals surface area contributed by atoms with Gasteiger partial charge >= 0.3 is 17.2 Å². The first-order chi connectivity index (χ1) is 37.5. The van der Waals surface area contributed by atoms with E-state index in [1.54, 1.807) is 24.3 Å². The van der Waals surface area contributed by atoms with E-state index < -0.39 is 37.9 Å². The van der Waals surface area contributed by atoms with Crippen molar-refractivity contribution < 1.29 is 35.6 Å². The number of fused-ring (bicyclic) bond motifs is 4. The molecule has 0 bridgehead atoms. The van der Waals surface area contributed by atoms with Crippen molar-refractivity contribution in [1.29, 1.82) is 0 Å². The number of hydrogen-bond donors (Lipinski definition) is 0. The topological polar surface area (TPSA) is 89.5 Å². The summed E-state index contributed by atoms with van der Waals surface area (Å²) in [4.78, 5) is -0.149. The first-order valence-electron chi connectivity index (χ1n) is 26.7. The highest BCUT2D eigenvalue weighted by Gasteiger charge is 2.37. The lowest BCUT2D eigenvalue weighted by Gasteiger charge is -2.34. The summed E-state index contributed by atoms with van der Waals surface area (Å²) >= 11 is 0. The fourth-order valence-corrected chi connectivity index (χ4v) is 14.6. The van der Waals surface area contributed by atoms with Crippen molar-refractivity contribution in [2.45, 2.75) is 103 Å². The predicted molar refractivity (Wildman–Crippen MR) is 326 cm³/mol. The lowest BCUT2D eigenvalue weighted by molar-refractivity contribution is 0.283. The second kappa shape index (κ2) is 22.2. The Kier molecular flexibility index (Phi) is 15.5. The average molecular weight is 1110 g/mol. The highest BCUT2D eigenvalue weighted by Crippen LogP contribution is 2.51. The van der Waals surface area contributed by atoms with Gasteiger partial charge in [0.25, 0.3) is 0 Å². The molecule has 0 saturated carbocycles. The van der Waals surface area contributed by atoms with E-state index in [0.29, 0.717) is 23.0 Å². The molecule has 0 fully saturated rings. The van der Waals surface area contributed by atoms with Gasteiger partial charge in [0.15, 0.2) is 0 Å². The minimum Gasteiger partial charge on any atom is -0.408 e. The van der Waals surface area contributed by atoms with E-state index in [1.165, 1.54) is 0 Å². The van der Waals surface area contributed by atoms with Crippen LogP contribution in [0, 0.1) is 10.8 Å². The molecule has 11 heteroatoms. The van der Waals surface area contributed by atoms with Gasteiger partial charge in [0.2, 0.25) is 9.84 Å². The Hall–Kier alpha value is -7.15. The zero-order valence-corrected chi connectivity index (χ0v) is 49.2. The Morgan fingerprint density at radius 2 is 0.582 bits per heavy atom. The summed E-state index contributed by atoms with van der Waals surface area (Å²) in [5.74, 6) is 2.08. The highest BCUT2D eigenvalue weighted by molar-refractivity contribution is 7.91. The van der Waals surface area contributed by atoms with Gasteiger partial charge in [0.05, 0.1) is 0 Å². The second-order valence-corrected chi connectivity index (χ2v) is 28.0. The summed E-state index contributed by atoms with van der Waals surface area (Å²) in [7, 11) is -9.34. The molecular weight excluding hydrogens is 1040 g/mol. The predicted octanol–water partition coefficient (Wildman–Crippen LogP) is 20.1. The fourth-order valence-electron chi connectivity index (χ4n) is 10.9. The van der Waals surface area contributed by atoms with E-state index in [1.807, 2.05) is 182 Å². The van der Waals surface area contributed by atoms with Crippen molar-refractivity contribution in [3.8, 4) is 34.5 Å². The number of rotatable bonds is 18. The minimum absolute atomic E-state index is 0.0513. The molecule has 10 aromatic carbocycles. The maximum Gasteiger partial charge on any atom is 0.530 e. The van der Waals surface area contributed by atoms with Crippen LogP contribution >= 0.6 is 17.2 Å². The Labute approximate surface area is 468 Å². The molecule has 0 aliphatic carbocycles. The molecule has 0 unspecified atom stereocenters. The molecule has 0 N–H and O–H groups in total. The number of benzene rings is 10. The zero-order valence-electron chi connectivity index (χ0n) is 46.6. The quantitative estimate of drug-likeness (QED) is 0.0785. The number of sulfone groups is 1. The van der Waals surface area contributed by atoms with Crippen LogP contribution in [0.1, 0.15) is 93.2 Å². The van der Waals surface area contributed by atoms with Crippen molar-refractivity contribution in [3.05, 3.63) is 217 Å². The molecule has 0 heterocycles. The van der Waals surface area contributed by atoms with Gasteiger partial charge in [-0.1, -0.05) is 203 Å². The average Bonchev–Trinajstić information content (AvgIpc) is 3.41. The first kappa shape index (κ1) is 55.2. The van der Waals surface area contributed by atoms with E-state index in [-0.39, 0.29) is 32.1 Å². The Balaban J connectivity index is 1.13. The summed E-state index contributed by atoms with van der Waals surface area (Å²) in [6.07, 6.45) is 1.52. The summed E-state index contributed by atoms with van der Waals surface area (Å²) < 4.78 is 73.6. The van der Waals surface area contributed by atoms with Crippen LogP contribution in [0.3, 0.4) is 0 Å². The van der Waals surface area contributed by atoms with Crippen LogP contribution in [-0.2, 0) is 20.7 Å². The standard InChI is InChI=1S/C68H68O8P2S/c1-65(2,3)45-67(7,8)55-31-37-61(75-77(71-57-33-27-47-19-11-15-23-51(47)39-57)72-58-34-28-48-20-12-16-24-52(48)40-58)63(43-55)79(69,70)64-44-56(68(9,10)46-66(4,5)6)32-38-62(64)76-78(73-59-35-29-49-21-13-17-25-53(49)41-59)74-60-36-30-50-22-14-18-26-54(50)42-60/h11-44H,45-46H2,1-10H3. The van der Waals surface area contributed by atoms with Crippen LogP contribution in [0.25, 0.3) is 43.1 Å². The summed E-state index contributed by atoms with van der Waals surface area (Å²) in [6.45, 7) is 21.7. The lowest BCUT2D eigenvalue weighted by Crippen LogP contribution is -2.25. The highest BCUT2D eigenvalue weighted by atomic mass is 32.2. The van der Waals surface area contributed by atoms with Crippen molar-refractivity contribution in [2.24, 2.45) is 10.8 Å². The van der Waals surface area contributed by atoms with Crippen LogP contribution in [0.4, 0.5) is 0 Å². The van der Waals surface area contributed by atoms with Gasteiger partial charge in [-0.3, -0.25) is 0 Å². The Morgan fingerprint density at radius 1 is 0.316 bits per heavy atom. The van der Waals surface area contributed by atoms with Crippen molar-refractivity contribution in [3.63, 3.8) is 0 Å². The van der Waals surface area contributed by atoms with E-state index in [9.17, 15) is 0 Å². The van der Waals surface area contributed by atoms with Crippen molar-refractivity contribution in [1.82, 2.24) is 0 Å². The molecule has 79 heavy (non-hydrogen) atoms. The van der Waals surface area contributed by atoms with E-state index in [2.05, 4.69) is 69.2 Å². The summed E-state index contributed by atoms with van der Waals surface area (Å²) in [5, 5.41) is 8.01. The van der Waals surface area contributed by atoms with Gasteiger partial charge in [-0.2, -0.15) is 0 Å². The van der Waals surface area contributed by atoms with Gasteiger partial charge < -0.3 is 27.1 Å². The Bertz CT molecular complexity index is 3540. The van der Waals surface area contributed by atoms with Crippen LogP contribution < -0.4 is 27.1 Å². The van der Waals surface area contributed by atoms with Gasteiger partial charge in [-0.25, -0.2) is 8.42 Å². The third kappa shape index (κ3) is 13.3. The summed E-state index contributed by atoms with van der Waals surface area (Å²) in [5.41, 5.74) is 0.512. The van der Waals surface area contributed by atoms with Crippen LogP contribution in [0.15, 0.2) is 216 Å². The maximum atomic E-state index is 16.5. The largest absolute Gasteiger partial charge is 0.530 e. The molecule has 8 nitrogen and oxygen atoms in total. The molecule has 404 valence electrons. The molecule has 0 aromatic heterocycles. The SMILES string of the molecule is CC(C)(C)CC(C)(C)c1ccc(OP(Oc2ccc3ccccc3c2)Oc2ccc3ccccc3c2)c(S(=O)(=O)c2cc(C(C)(C)CC(C)(C)C)ccc2OP(Oc2ccc3ccccc3c2)Oc2ccc3ccccc3c2)c1. The van der Waals surface area contributed by atoms with Gasteiger partial charge in [0, 0.05) is 0 Å². The minimum atomic E-state index is -4.60. The van der Waals surface area contributed by atoms with Crippen LogP contribution in [0.5, 0.6) is 34.5 Å². The second-order valence-electron chi connectivity index (χ2n) is 24.1. The normalized spacial score (nSPS) is 12.6. The molecule has 0 atom stereocenters. The molecule has 0 aliphatic rings. The van der Waals surface area contributed by atoms with Gasteiger partial charge in [-0.15, -0.1) is 0 Å². The van der Waals surface area contributed by atoms with Crippen molar-refractivity contribution in [2.75, 3.05) is 0 Å². The van der Waals surface area contributed by atoms with Gasteiger partial charge in [0.1, 0.15) is 44.3 Å². The molecule has 0 aliphatic heterocycles. The third-order valence-electron chi connectivity index (χ3n) is 13.9.